The van der Waals surface area contributed by atoms with Gasteiger partial charge in [0.25, 0.3) is 0 Å². The summed E-state index contributed by atoms with van der Waals surface area (Å²) in [5.74, 6) is 0.846. The van der Waals surface area contributed by atoms with E-state index in [0.717, 1.165) is 38.6 Å². The van der Waals surface area contributed by atoms with E-state index in [2.05, 4.69) is 27.1 Å². The lowest BCUT2D eigenvalue weighted by Gasteiger charge is -2.45. The van der Waals surface area contributed by atoms with E-state index in [1.165, 1.54) is 37.4 Å². The lowest BCUT2D eigenvalue weighted by Crippen LogP contribution is -2.52. The van der Waals surface area contributed by atoms with Crippen LogP contribution in [-0.2, 0) is 0 Å². The van der Waals surface area contributed by atoms with Crippen LogP contribution in [0.15, 0.2) is 11.6 Å². The number of thiazole rings is 1. The van der Waals surface area contributed by atoms with Crippen LogP contribution < -0.4 is 10.6 Å². The van der Waals surface area contributed by atoms with E-state index in [1.807, 2.05) is 6.20 Å². The molecule has 21 heavy (non-hydrogen) atoms. The van der Waals surface area contributed by atoms with Gasteiger partial charge in [0.15, 0.2) is 5.13 Å². The number of hydrogen-bond acceptors (Lipinski definition) is 5. The first-order chi connectivity index (χ1) is 10.2. The Morgan fingerprint density at radius 3 is 2.81 bits per heavy atom. The maximum Gasteiger partial charge on any atom is 0.185 e. The normalized spacial score (nSPS) is 31.5. The van der Waals surface area contributed by atoms with Crippen LogP contribution in [0.25, 0.3) is 0 Å². The van der Waals surface area contributed by atoms with E-state index in [0.29, 0.717) is 5.41 Å². The first kappa shape index (κ1) is 15.3. The summed E-state index contributed by atoms with van der Waals surface area (Å²) in [6, 6.07) is 0. The Morgan fingerprint density at radius 2 is 2.19 bits per heavy atom. The van der Waals surface area contributed by atoms with Crippen LogP contribution in [0.1, 0.15) is 32.6 Å². The van der Waals surface area contributed by atoms with Crippen LogP contribution in [0.3, 0.4) is 0 Å². The molecule has 118 valence electrons. The third-order valence-corrected chi connectivity index (χ3v) is 6.07. The van der Waals surface area contributed by atoms with Crippen molar-refractivity contribution in [2.45, 2.75) is 32.6 Å². The van der Waals surface area contributed by atoms with Gasteiger partial charge in [0.1, 0.15) is 0 Å². The topological polar surface area (TPSA) is 45.4 Å². The highest BCUT2D eigenvalue weighted by Crippen LogP contribution is 2.39. The Labute approximate surface area is 132 Å². The van der Waals surface area contributed by atoms with Crippen molar-refractivity contribution in [2.75, 3.05) is 44.2 Å². The minimum atomic E-state index is 0.376. The van der Waals surface area contributed by atoms with Crippen LogP contribution in [0.4, 0.5) is 5.13 Å². The molecule has 2 fully saturated rings. The Hall–Kier alpha value is -0.650. The van der Waals surface area contributed by atoms with Crippen molar-refractivity contribution in [1.82, 2.24) is 9.88 Å². The van der Waals surface area contributed by atoms with Gasteiger partial charge in [0, 0.05) is 44.3 Å². The van der Waals surface area contributed by atoms with Crippen molar-refractivity contribution >= 4 is 16.5 Å². The Kier molecular flexibility index (Phi) is 4.82. The number of nitrogens with two attached hydrogens (primary N) is 1. The van der Waals surface area contributed by atoms with Crippen molar-refractivity contribution in [3.05, 3.63) is 11.6 Å². The molecular formula is C16H28N4S. The first-order valence-electron chi connectivity index (χ1n) is 8.28. The van der Waals surface area contributed by atoms with Crippen LogP contribution in [0.5, 0.6) is 0 Å². The quantitative estimate of drug-likeness (QED) is 0.928. The second-order valence-electron chi connectivity index (χ2n) is 6.98. The van der Waals surface area contributed by atoms with Crippen LogP contribution in [-0.4, -0.2) is 49.2 Å². The molecule has 2 heterocycles. The Morgan fingerprint density at radius 1 is 1.38 bits per heavy atom. The molecule has 1 aliphatic heterocycles. The molecule has 4 nitrogen and oxygen atoms in total. The highest BCUT2D eigenvalue weighted by atomic mass is 32.1. The number of nitrogens with zero attached hydrogens (tertiary/aromatic N) is 3. The first-order valence-corrected chi connectivity index (χ1v) is 9.16. The zero-order valence-electron chi connectivity index (χ0n) is 13.1. The van der Waals surface area contributed by atoms with Gasteiger partial charge in [-0.2, -0.15) is 0 Å². The molecule has 0 bridgehead atoms. The van der Waals surface area contributed by atoms with Gasteiger partial charge >= 0.3 is 0 Å². The molecule has 2 atom stereocenters. The molecule has 1 aromatic heterocycles. The Bertz CT molecular complexity index is 427. The van der Waals surface area contributed by atoms with E-state index < -0.39 is 0 Å². The summed E-state index contributed by atoms with van der Waals surface area (Å²) in [5, 5.41) is 3.24. The second-order valence-corrected chi connectivity index (χ2v) is 7.86. The maximum atomic E-state index is 6.18. The number of rotatable bonds is 4. The van der Waals surface area contributed by atoms with E-state index in [9.17, 15) is 0 Å². The largest absolute Gasteiger partial charge is 0.346 e. The predicted octanol–water partition coefficient (Wildman–Crippen LogP) is 2.42. The summed E-state index contributed by atoms with van der Waals surface area (Å²) in [5.41, 5.74) is 6.55. The molecule has 1 aliphatic carbocycles. The Balaban J connectivity index is 1.54. The van der Waals surface area contributed by atoms with Crippen LogP contribution in [0.2, 0.25) is 0 Å². The maximum absolute atomic E-state index is 6.18. The molecule has 0 amide bonds. The average molecular weight is 308 g/mol. The highest BCUT2D eigenvalue weighted by Gasteiger charge is 2.36. The molecule has 1 aromatic rings. The molecule has 2 N–H and O–H groups in total. The highest BCUT2D eigenvalue weighted by molar-refractivity contribution is 7.13. The fourth-order valence-electron chi connectivity index (χ4n) is 4.11. The van der Waals surface area contributed by atoms with Crippen molar-refractivity contribution in [2.24, 2.45) is 17.1 Å². The van der Waals surface area contributed by atoms with E-state index in [1.54, 1.807) is 11.3 Å². The third-order valence-electron chi connectivity index (χ3n) is 5.24. The fraction of sp³-hybridized carbons (Fsp3) is 0.812. The predicted molar refractivity (Wildman–Crippen MR) is 89.9 cm³/mol. The van der Waals surface area contributed by atoms with Crippen molar-refractivity contribution < 1.29 is 0 Å². The van der Waals surface area contributed by atoms with Gasteiger partial charge < -0.3 is 10.6 Å². The zero-order chi connectivity index (χ0) is 14.7. The summed E-state index contributed by atoms with van der Waals surface area (Å²) in [6.07, 6.45) is 7.28. The molecule has 1 saturated heterocycles. The van der Waals surface area contributed by atoms with E-state index >= 15 is 0 Å². The zero-order valence-corrected chi connectivity index (χ0v) is 13.9. The minimum absolute atomic E-state index is 0.376. The molecule has 2 unspecified atom stereocenters. The van der Waals surface area contributed by atoms with Gasteiger partial charge in [-0.3, -0.25) is 4.90 Å². The van der Waals surface area contributed by atoms with Crippen molar-refractivity contribution in [1.29, 1.82) is 0 Å². The molecule has 1 saturated carbocycles. The summed E-state index contributed by atoms with van der Waals surface area (Å²) < 4.78 is 0. The van der Waals surface area contributed by atoms with Gasteiger partial charge in [-0.25, -0.2) is 4.98 Å². The average Bonchev–Trinajstić information content (AvgIpc) is 3.02. The summed E-state index contributed by atoms with van der Waals surface area (Å²) in [4.78, 5) is 9.48. The number of piperazine rings is 1. The lowest BCUT2D eigenvalue weighted by atomic mass is 9.69. The third kappa shape index (κ3) is 3.58. The minimum Gasteiger partial charge on any atom is -0.346 e. The smallest absolute Gasteiger partial charge is 0.185 e. The summed E-state index contributed by atoms with van der Waals surface area (Å²) >= 11 is 1.75. The van der Waals surface area contributed by atoms with E-state index in [-0.39, 0.29) is 0 Å². The van der Waals surface area contributed by atoms with Crippen LogP contribution >= 0.6 is 11.3 Å². The van der Waals surface area contributed by atoms with E-state index in [4.69, 9.17) is 5.73 Å². The molecule has 2 aliphatic rings. The fourth-order valence-corrected chi connectivity index (χ4v) is 4.80. The van der Waals surface area contributed by atoms with Gasteiger partial charge in [-0.05, 0) is 30.7 Å². The van der Waals surface area contributed by atoms with Crippen molar-refractivity contribution in [3.8, 4) is 0 Å². The molecule has 3 rings (SSSR count). The lowest BCUT2D eigenvalue weighted by molar-refractivity contribution is 0.0851. The monoisotopic (exact) mass is 308 g/mol. The molecule has 0 spiro atoms. The van der Waals surface area contributed by atoms with Crippen molar-refractivity contribution in [3.63, 3.8) is 0 Å². The standard InChI is InChI=1S/C16H28N4S/c1-14-3-2-4-16(11-14,12-17)13-19-6-8-20(9-7-19)15-18-5-10-21-15/h5,10,14H,2-4,6-9,11-13,17H2,1H3. The molecule has 5 heteroatoms. The number of hydrogen-bond donors (Lipinski definition) is 1. The molecule has 0 radical (unpaired) electrons. The van der Waals surface area contributed by atoms with Gasteiger partial charge in [-0.15, -0.1) is 11.3 Å². The summed E-state index contributed by atoms with van der Waals surface area (Å²) in [7, 11) is 0. The SMILES string of the molecule is CC1CCCC(CN)(CN2CCN(c3nccs3)CC2)C1. The second kappa shape index (κ2) is 6.63. The summed E-state index contributed by atoms with van der Waals surface area (Å²) in [6.45, 7) is 8.94. The van der Waals surface area contributed by atoms with Gasteiger partial charge in [-0.1, -0.05) is 19.8 Å². The van der Waals surface area contributed by atoms with Gasteiger partial charge in [0.2, 0.25) is 0 Å². The van der Waals surface area contributed by atoms with Crippen LogP contribution in [0, 0.1) is 11.3 Å². The number of anilines is 1. The van der Waals surface area contributed by atoms with Gasteiger partial charge in [0.05, 0.1) is 0 Å². The number of aromatic nitrogens is 1. The molecular weight excluding hydrogens is 280 g/mol. The molecule has 0 aromatic carbocycles.